The number of rotatable bonds is 5. The quantitative estimate of drug-likeness (QED) is 0.692. The molecule has 0 radical (unpaired) electrons. The van der Waals surface area contributed by atoms with E-state index in [2.05, 4.69) is 4.90 Å². The van der Waals surface area contributed by atoms with E-state index in [1.165, 1.54) is 0 Å². The van der Waals surface area contributed by atoms with Gasteiger partial charge in [0.1, 0.15) is 17.1 Å². The van der Waals surface area contributed by atoms with Crippen LogP contribution in [0.1, 0.15) is 42.6 Å². The van der Waals surface area contributed by atoms with Crippen molar-refractivity contribution in [3.05, 3.63) is 47.5 Å². The summed E-state index contributed by atoms with van der Waals surface area (Å²) in [6.07, 6.45) is 0.756. The second-order valence-electron chi connectivity index (χ2n) is 8.16. The summed E-state index contributed by atoms with van der Waals surface area (Å²) in [6.45, 7) is 2.05. The van der Waals surface area contributed by atoms with Crippen molar-refractivity contribution in [2.75, 3.05) is 33.9 Å². The third kappa shape index (κ3) is 4.05. The van der Waals surface area contributed by atoms with Crippen LogP contribution in [-0.4, -0.2) is 59.7 Å². The molecule has 30 heavy (non-hydrogen) atoms. The second-order valence-corrected chi connectivity index (χ2v) is 8.16. The standard InChI is InChI=1S/C23H29NO6/c1-28-21-5-3-15(11-22(21)29-2)19(27)14-24-9-7-23(8-10-24)13-18(26)17-12-16(25)4-6-20(17)30-23/h3-6,11-12,18-19,25-27H,7-10,13-14H2,1-2H3/t18-,19-/m0/s1. The number of aliphatic hydroxyl groups is 2. The lowest BCUT2D eigenvalue weighted by Gasteiger charge is -2.46. The number of β-amino-alcohol motifs (C(OH)–C–C–N with tert-alkyl or cyclic N) is 1. The van der Waals surface area contributed by atoms with Crippen LogP contribution in [0.25, 0.3) is 0 Å². The number of phenolic OH excluding ortho intramolecular Hbond substituents is 1. The van der Waals surface area contributed by atoms with Crippen molar-refractivity contribution in [1.82, 2.24) is 4.90 Å². The van der Waals surface area contributed by atoms with Crippen LogP contribution in [0.2, 0.25) is 0 Å². The Labute approximate surface area is 176 Å². The topological polar surface area (TPSA) is 91.6 Å². The van der Waals surface area contributed by atoms with Gasteiger partial charge in [-0.3, -0.25) is 0 Å². The Morgan fingerprint density at radius 2 is 1.83 bits per heavy atom. The predicted molar refractivity (Wildman–Crippen MR) is 111 cm³/mol. The van der Waals surface area contributed by atoms with Gasteiger partial charge in [0, 0.05) is 31.6 Å². The highest BCUT2D eigenvalue weighted by atomic mass is 16.5. The molecule has 1 fully saturated rings. The van der Waals surface area contributed by atoms with E-state index in [-0.39, 0.29) is 5.75 Å². The van der Waals surface area contributed by atoms with Gasteiger partial charge in [0.25, 0.3) is 0 Å². The minimum absolute atomic E-state index is 0.131. The number of ether oxygens (including phenoxy) is 3. The van der Waals surface area contributed by atoms with E-state index in [1.54, 1.807) is 38.5 Å². The molecule has 0 unspecified atom stereocenters. The van der Waals surface area contributed by atoms with Crippen molar-refractivity contribution in [1.29, 1.82) is 0 Å². The molecule has 3 N–H and O–H groups in total. The summed E-state index contributed by atoms with van der Waals surface area (Å²) in [5.74, 6) is 2.01. The zero-order valence-corrected chi connectivity index (χ0v) is 17.4. The number of hydrogen-bond acceptors (Lipinski definition) is 7. The Morgan fingerprint density at radius 3 is 2.53 bits per heavy atom. The first-order chi connectivity index (χ1) is 14.4. The normalized spacial score (nSPS) is 21.5. The molecule has 2 atom stereocenters. The number of likely N-dealkylation sites (tertiary alicyclic amines) is 1. The molecule has 0 aromatic heterocycles. The molecule has 0 amide bonds. The van der Waals surface area contributed by atoms with E-state index in [0.717, 1.165) is 31.5 Å². The summed E-state index contributed by atoms with van der Waals surface area (Å²) < 4.78 is 16.9. The van der Waals surface area contributed by atoms with Gasteiger partial charge in [0.15, 0.2) is 11.5 Å². The lowest BCUT2D eigenvalue weighted by atomic mass is 9.81. The van der Waals surface area contributed by atoms with Crippen LogP contribution in [0.15, 0.2) is 36.4 Å². The first kappa shape index (κ1) is 20.8. The highest BCUT2D eigenvalue weighted by Crippen LogP contribution is 2.45. The van der Waals surface area contributed by atoms with Crippen LogP contribution in [-0.2, 0) is 0 Å². The van der Waals surface area contributed by atoms with E-state index >= 15 is 0 Å². The van der Waals surface area contributed by atoms with E-state index in [1.807, 2.05) is 12.1 Å². The van der Waals surface area contributed by atoms with Gasteiger partial charge in [0.05, 0.1) is 26.4 Å². The Bertz CT molecular complexity index is 893. The van der Waals surface area contributed by atoms with Gasteiger partial charge < -0.3 is 34.4 Å². The third-order valence-corrected chi connectivity index (χ3v) is 6.23. The first-order valence-corrected chi connectivity index (χ1v) is 10.3. The van der Waals surface area contributed by atoms with Gasteiger partial charge in [-0.25, -0.2) is 0 Å². The number of methoxy groups -OCH3 is 2. The van der Waals surface area contributed by atoms with Crippen molar-refractivity contribution in [3.63, 3.8) is 0 Å². The van der Waals surface area contributed by atoms with Crippen LogP contribution in [0.3, 0.4) is 0 Å². The number of piperidine rings is 1. The Balaban J connectivity index is 1.39. The van der Waals surface area contributed by atoms with E-state index in [9.17, 15) is 15.3 Å². The number of nitrogens with zero attached hydrogens (tertiary/aromatic N) is 1. The summed E-state index contributed by atoms with van der Waals surface area (Å²) in [4.78, 5) is 2.22. The molecule has 2 aliphatic rings. The zero-order chi connectivity index (χ0) is 21.3. The molecule has 1 spiro atoms. The Morgan fingerprint density at radius 1 is 1.10 bits per heavy atom. The maximum absolute atomic E-state index is 10.7. The molecule has 7 nitrogen and oxygen atoms in total. The van der Waals surface area contributed by atoms with Gasteiger partial charge in [-0.2, -0.15) is 0 Å². The Kier molecular flexibility index (Phi) is 5.77. The van der Waals surface area contributed by atoms with E-state index in [4.69, 9.17) is 14.2 Å². The van der Waals surface area contributed by atoms with Gasteiger partial charge in [0.2, 0.25) is 0 Å². The summed E-state index contributed by atoms with van der Waals surface area (Å²) in [7, 11) is 3.17. The maximum atomic E-state index is 10.7. The number of phenols is 1. The molecule has 1 saturated heterocycles. The summed E-state index contributed by atoms with van der Waals surface area (Å²) in [5, 5.41) is 31.0. The lowest BCUT2D eigenvalue weighted by molar-refractivity contribution is -0.0588. The van der Waals surface area contributed by atoms with Crippen LogP contribution < -0.4 is 14.2 Å². The van der Waals surface area contributed by atoms with Crippen LogP contribution in [0.5, 0.6) is 23.0 Å². The van der Waals surface area contributed by atoms with Crippen molar-refractivity contribution >= 4 is 0 Å². The zero-order valence-electron chi connectivity index (χ0n) is 17.4. The molecular formula is C23H29NO6. The molecule has 2 heterocycles. The van der Waals surface area contributed by atoms with Crippen LogP contribution in [0, 0.1) is 0 Å². The molecule has 0 aliphatic carbocycles. The van der Waals surface area contributed by atoms with Crippen LogP contribution >= 0.6 is 0 Å². The highest BCUT2D eigenvalue weighted by Gasteiger charge is 2.43. The fourth-order valence-corrected chi connectivity index (χ4v) is 4.49. The summed E-state index contributed by atoms with van der Waals surface area (Å²) >= 11 is 0. The number of hydrogen-bond donors (Lipinski definition) is 3. The van der Waals surface area contributed by atoms with Gasteiger partial charge in [-0.1, -0.05) is 6.07 Å². The summed E-state index contributed by atoms with van der Waals surface area (Å²) in [5.41, 5.74) is 1.02. The lowest BCUT2D eigenvalue weighted by Crippen LogP contribution is -2.51. The minimum Gasteiger partial charge on any atom is -0.508 e. The molecule has 2 aliphatic heterocycles. The largest absolute Gasteiger partial charge is 0.508 e. The van der Waals surface area contributed by atoms with E-state index in [0.29, 0.717) is 35.8 Å². The van der Waals surface area contributed by atoms with Crippen molar-refractivity contribution in [2.24, 2.45) is 0 Å². The van der Waals surface area contributed by atoms with Crippen molar-refractivity contribution < 1.29 is 29.5 Å². The highest BCUT2D eigenvalue weighted by molar-refractivity contribution is 5.44. The maximum Gasteiger partial charge on any atom is 0.161 e. The first-order valence-electron chi connectivity index (χ1n) is 10.3. The van der Waals surface area contributed by atoms with Crippen molar-refractivity contribution in [2.45, 2.75) is 37.1 Å². The number of fused-ring (bicyclic) bond motifs is 1. The van der Waals surface area contributed by atoms with Crippen LogP contribution in [0.4, 0.5) is 0 Å². The molecule has 4 rings (SSSR count). The van der Waals surface area contributed by atoms with E-state index < -0.39 is 17.8 Å². The fraction of sp³-hybridized carbons (Fsp3) is 0.478. The molecule has 162 valence electrons. The number of aliphatic hydroxyl groups excluding tert-OH is 2. The summed E-state index contributed by atoms with van der Waals surface area (Å²) in [6, 6.07) is 10.3. The predicted octanol–water partition coefficient (Wildman–Crippen LogP) is 2.79. The number of benzene rings is 2. The van der Waals surface area contributed by atoms with Gasteiger partial charge in [-0.15, -0.1) is 0 Å². The Hall–Kier alpha value is -2.48. The molecule has 2 aromatic carbocycles. The third-order valence-electron chi connectivity index (χ3n) is 6.23. The van der Waals surface area contributed by atoms with Crippen molar-refractivity contribution in [3.8, 4) is 23.0 Å². The van der Waals surface area contributed by atoms with Gasteiger partial charge >= 0.3 is 0 Å². The second kappa shape index (κ2) is 8.34. The number of aromatic hydroxyl groups is 1. The SMILES string of the molecule is COc1ccc([C@@H](O)CN2CCC3(CC2)C[C@H](O)c2cc(O)ccc2O3)cc1OC. The fourth-order valence-electron chi connectivity index (χ4n) is 4.49. The monoisotopic (exact) mass is 415 g/mol. The molecule has 7 heteroatoms. The average Bonchev–Trinajstić information content (AvgIpc) is 2.75. The smallest absolute Gasteiger partial charge is 0.161 e. The molecule has 2 aromatic rings. The molecular weight excluding hydrogens is 386 g/mol. The molecule has 0 saturated carbocycles. The average molecular weight is 415 g/mol. The van der Waals surface area contributed by atoms with Gasteiger partial charge in [-0.05, 0) is 48.7 Å². The molecule has 0 bridgehead atoms. The minimum atomic E-state index is -0.648.